The highest BCUT2D eigenvalue weighted by molar-refractivity contribution is 9.10. The van der Waals surface area contributed by atoms with E-state index in [0.717, 1.165) is 19.6 Å². The Hall–Kier alpha value is -2.33. The van der Waals surface area contributed by atoms with Crippen LogP contribution in [0.3, 0.4) is 0 Å². The molecule has 0 radical (unpaired) electrons. The lowest BCUT2D eigenvalue weighted by molar-refractivity contribution is -0.173. The topological polar surface area (TPSA) is 59.0 Å². The van der Waals surface area contributed by atoms with E-state index < -0.39 is 24.2 Å². The molecule has 0 saturated carbocycles. The zero-order valence-electron chi connectivity index (χ0n) is 14.9. The number of hydrogen-bond acceptors (Lipinski definition) is 4. The van der Waals surface area contributed by atoms with Crippen LogP contribution in [0.1, 0.15) is 39.4 Å². The van der Waals surface area contributed by atoms with Gasteiger partial charge in [0, 0.05) is 21.8 Å². The van der Waals surface area contributed by atoms with Crippen molar-refractivity contribution in [2.24, 2.45) is 0 Å². The number of alkyl halides is 3. The first kappa shape index (κ1) is 20.0. The number of hydrogen-bond donors (Lipinski definition) is 2. The lowest BCUT2D eigenvalue weighted by Crippen LogP contribution is -2.35. The highest BCUT2D eigenvalue weighted by atomic mass is 79.9. The average Bonchev–Trinajstić information content (AvgIpc) is 3.34. The molecule has 5 nitrogen and oxygen atoms in total. The molecule has 29 heavy (non-hydrogen) atoms. The fourth-order valence-electron chi connectivity index (χ4n) is 3.27. The SMILES string of the molecule is O=C(NCc1cccs1)c1cc2n(n1)[C@H](C(F)(F)F)C[C@H](c1ccc(Br)cc1)N2. The molecule has 10 heteroatoms. The summed E-state index contributed by atoms with van der Waals surface area (Å²) in [7, 11) is 0. The molecule has 152 valence electrons. The molecular formula is C19H16BrF3N4OS. The Labute approximate surface area is 177 Å². The summed E-state index contributed by atoms with van der Waals surface area (Å²) >= 11 is 4.81. The summed E-state index contributed by atoms with van der Waals surface area (Å²) in [4.78, 5) is 13.4. The molecule has 0 aliphatic carbocycles. The number of thiophene rings is 1. The largest absolute Gasteiger partial charge is 0.410 e. The van der Waals surface area contributed by atoms with Crippen LogP contribution in [0.5, 0.6) is 0 Å². The van der Waals surface area contributed by atoms with Crippen LogP contribution in [0.15, 0.2) is 52.3 Å². The van der Waals surface area contributed by atoms with Gasteiger partial charge in [-0.2, -0.15) is 18.3 Å². The van der Waals surface area contributed by atoms with Gasteiger partial charge in [0.25, 0.3) is 5.91 Å². The van der Waals surface area contributed by atoms with Crippen molar-refractivity contribution in [3.8, 4) is 0 Å². The zero-order valence-corrected chi connectivity index (χ0v) is 17.3. The van der Waals surface area contributed by atoms with Gasteiger partial charge >= 0.3 is 6.18 Å². The number of aromatic nitrogens is 2. The van der Waals surface area contributed by atoms with E-state index in [1.807, 2.05) is 17.5 Å². The van der Waals surface area contributed by atoms with Crippen LogP contribution in [0, 0.1) is 0 Å². The number of benzene rings is 1. The van der Waals surface area contributed by atoms with E-state index >= 15 is 0 Å². The fourth-order valence-corrected chi connectivity index (χ4v) is 4.18. The molecule has 0 spiro atoms. The third-order valence-corrected chi connectivity index (χ3v) is 6.10. The number of carbonyl (C=O) groups excluding carboxylic acids is 1. The van der Waals surface area contributed by atoms with Crippen LogP contribution in [-0.2, 0) is 6.54 Å². The lowest BCUT2D eigenvalue weighted by Gasteiger charge is -2.33. The summed E-state index contributed by atoms with van der Waals surface area (Å²) < 4.78 is 42.9. The molecule has 1 aliphatic rings. The number of anilines is 1. The van der Waals surface area contributed by atoms with Crippen molar-refractivity contribution in [2.45, 2.75) is 31.2 Å². The third kappa shape index (κ3) is 4.32. The Morgan fingerprint density at radius 1 is 1.31 bits per heavy atom. The van der Waals surface area contributed by atoms with Crippen molar-refractivity contribution in [3.63, 3.8) is 0 Å². The number of halogens is 4. The maximum Gasteiger partial charge on any atom is 0.410 e. The Morgan fingerprint density at radius 2 is 2.07 bits per heavy atom. The maximum atomic E-state index is 13.7. The Morgan fingerprint density at radius 3 is 2.72 bits per heavy atom. The van der Waals surface area contributed by atoms with Gasteiger partial charge in [0.2, 0.25) is 0 Å². The normalized spacial score (nSPS) is 18.8. The van der Waals surface area contributed by atoms with E-state index in [1.165, 1.54) is 17.4 Å². The minimum atomic E-state index is -4.48. The highest BCUT2D eigenvalue weighted by Crippen LogP contribution is 2.43. The van der Waals surface area contributed by atoms with Gasteiger partial charge in [-0.3, -0.25) is 4.79 Å². The Bertz CT molecular complexity index is 1000. The molecule has 2 aromatic heterocycles. The van der Waals surface area contributed by atoms with Crippen molar-refractivity contribution in [1.82, 2.24) is 15.1 Å². The molecule has 2 atom stereocenters. The van der Waals surface area contributed by atoms with Gasteiger partial charge in [0.1, 0.15) is 5.82 Å². The maximum absolute atomic E-state index is 13.7. The summed E-state index contributed by atoms with van der Waals surface area (Å²) in [5, 5.41) is 11.6. The molecule has 1 aliphatic heterocycles. The van der Waals surface area contributed by atoms with Gasteiger partial charge in [-0.25, -0.2) is 4.68 Å². The summed E-state index contributed by atoms with van der Waals surface area (Å²) in [5.41, 5.74) is 0.688. The van der Waals surface area contributed by atoms with Crippen molar-refractivity contribution in [3.05, 3.63) is 68.5 Å². The number of fused-ring (bicyclic) bond motifs is 1. The van der Waals surface area contributed by atoms with Crippen LogP contribution in [0.4, 0.5) is 19.0 Å². The van der Waals surface area contributed by atoms with Crippen LogP contribution in [-0.4, -0.2) is 21.9 Å². The minimum absolute atomic E-state index is 0.0465. The summed E-state index contributed by atoms with van der Waals surface area (Å²) in [5.74, 6) is -0.337. The quantitative estimate of drug-likeness (QED) is 0.528. The third-order valence-electron chi connectivity index (χ3n) is 4.70. The smallest absolute Gasteiger partial charge is 0.363 e. The predicted octanol–water partition coefficient (Wildman–Crippen LogP) is 5.30. The molecule has 1 aromatic carbocycles. The van der Waals surface area contributed by atoms with Crippen molar-refractivity contribution in [2.75, 3.05) is 5.32 Å². The molecule has 2 N–H and O–H groups in total. The molecule has 0 saturated heterocycles. The molecular weight excluding hydrogens is 469 g/mol. The summed E-state index contributed by atoms with van der Waals surface area (Å²) in [6, 6.07) is 9.87. The first-order valence-electron chi connectivity index (χ1n) is 8.80. The van der Waals surface area contributed by atoms with Gasteiger partial charge in [0.15, 0.2) is 11.7 Å². The van der Waals surface area contributed by atoms with E-state index in [9.17, 15) is 18.0 Å². The van der Waals surface area contributed by atoms with Crippen molar-refractivity contribution in [1.29, 1.82) is 0 Å². The lowest BCUT2D eigenvalue weighted by atomic mass is 9.97. The second-order valence-corrected chi connectivity index (χ2v) is 8.61. The highest BCUT2D eigenvalue weighted by Gasteiger charge is 2.46. The average molecular weight is 485 g/mol. The zero-order chi connectivity index (χ0) is 20.6. The van der Waals surface area contributed by atoms with Crippen LogP contribution in [0.2, 0.25) is 0 Å². The van der Waals surface area contributed by atoms with E-state index in [-0.39, 0.29) is 17.9 Å². The monoisotopic (exact) mass is 484 g/mol. The minimum Gasteiger partial charge on any atom is -0.363 e. The van der Waals surface area contributed by atoms with E-state index in [0.29, 0.717) is 6.54 Å². The van der Waals surface area contributed by atoms with Crippen LogP contribution < -0.4 is 10.6 Å². The summed E-state index contributed by atoms with van der Waals surface area (Å²) in [6.45, 7) is 0.302. The van der Waals surface area contributed by atoms with Gasteiger partial charge in [-0.05, 0) is 29.1 Å². The molecule has 1 amide bonds. The van der Waals surface area contributed by atoms with Gasteiger partial charge < -0.3 is 10.6 Å². The number of amides is 1. The van der Waals surface area contributed by atoms with Crippen molar-refractivity contribution < 1.29 is 18.0 Å². The molecule has 0 bridgehead atoms. The molecule has 0 unspecified atom stereocenters. The van der Waals surface area contributed by atoms with Crippen molar-refractivity contribution >= 4 is 39.0 Å². The predicted molar refractivity (Wildman–Crippen MR) is 108 cm³/mol. The van der Waals surface area contributed by atoms with Gasteiger partial charge in [0.05, 0.1) is 12.6 Å². The molecule has 4 rings (SSSR count). The van der Waals surface area contributed by atoms with Crippen LogP contribution >= 0.6 is 27.3 Å². The first-order valence-corrected chi connectivity index (χ1v) is 10.5. The van der Waals surface area contributed by atoms with E-state index in [2.05, 4.69) is 31.7 Å². The first-order chi connectivity index (χ1) is 13.8. The number of rotatable bonds is 4. The molecule has 3 aromatic rings. The standard InChI is InChI=1S/C19H16BrF3N4OS/c20-12-5-3-11(4-6-12)14-8-16(19(21,22)23)27-17(25-14)9-15(26-27)18(28)24-10-13-2-1-7-29-13/h1-7,9,14,16,25H,8,10H2,(H,24,28)/t14-,16+/m1/s1. The van der Waals surface area contributed by atoms with E-state index in [4.69, 9.17) is 0 Å². The van der Waals surface area contributed by atoms with Gasteiger partial charge in [-0.1, -0.05) is 34.1 Å². The fraction of sp³-hybridized carbons (Fsp3) is 0.263. The Balaban J connectivity index is 1.59. The number of nitrogens with zero attached hydrogens (tertiary/aromatic N) is 2. The van der Waals surface area contributed by atoms with Crippen LogP contribution in [0.25, 0.3) is 0 Å². The second kappa shape index (κ2) is 7.83. The summed E-state index contributed by atoms with van der Waals surface area (Å²) in [6.07, 6.45) is -4.70. The molecule has 0 fully saturated rings. The van der Waals surface area contributed by atoms with Gasteiger partial charge in [-0.15, -0.1) is 11.3 Å². The second-order valence-electron chi connectivity index (χ2n) is 6.66. The molecule has 3 heterocycles. The van der Waals surface area contributed by atoms with E-state index in [1.54, 1.807) is 24.3 Å². The number of carbonyl (C=O) groups is 1. The Kier molecular flexibility index (Phi) is 5.39. The number of nitrogens with one attached hydrogen (secondary N) is 2.